The Hall–Kier alpha value is -1.82. The lowest BCUT2D eigenvalue weighted by Crippen LogP contribution is -2.37. The fourth-order valence-corrected chi connectivity index (χ4v) is 5.77. The van der Waals surface area contributed by atoms with Gasteiger partial charge in [-0.3, -0.25) is 9.13 Å². The molecule has 0 aromatic carbocycles. The second kappa shape index (κ2) is 8.85. The van der Waals surface area contributed by atoms with E-state index >= 15 is 0 Å². The van der Waals surface area contributed by atoms with Crippen molar-refractivity contribution in [1.29, 1.82) is 0 Å². The number of ether oxygens (including phenoxy) is 1. The first-order chi connectivity index (χ1) is 14.9. The predicted molar refractivity (Wildman–Crippen MR) is 114 cm³/mol. The SMILES string of the molecule is CCC(C)(CC1CC(O)C(n2cnc3c(N)[n+](O)cnc32)O1)OP(=O)(O)C(O)(CC)CC. The van der Waals surface area contributed by atoms with E-state index in [1.807, 2.05) is 6.92 Å². The van der Waals surface area contributed by atoms with Crippen molar-refractivity contribution in [3.05, 3.63) is 12.7 Å². The molecule has 13 heteroatoms. The fraction of sp³-hybridized carbons (Fsp3) is 0.737. The number of aliphatic hydroxyl groups is 2. The van der Waals surface area contributed by atoms with Gasteiger partial charge in [-0.1, -0.05) is 30.5 Å². The zero-order valence-electron chi connectivity index (χ0n) is 18.7. The average molecular weight is 474 g/mol. The highest BCUT2D eigenvalue weighted by molar-refractivity contribution is 7.54. The second-order valence-electron chi connectivity index (χ2n) is 8.56. The molecule has 3 heterocycles. The molecule has 0 bridgehead atoms. The van der Waals surface area contributed by atoms with E-state index in [9.17, 15) is 24.9 Å². The molecule has 0 saturated carbocycles. The van der Waals surface area contributed by atoms with Crippen LogP contribution in [-0.2, 0) is 13.8 Å². The van der Waals surface area contributed by atoms with Gasteiger partial charge < -0.3 is 35.3 Å². The van der Waals surface area contributed by atoms with Crippen molar-refractivity contribution >= 4 is 24.6 Å². The molecule has 3 rings (SSSR count). The van der Waals surface area contributed by atoms with E-state index in [1.54, 1.807) is 20.8 Å². The molecule has 1 saturated heterocycles. The first-order valence-corrected chi connectivity index (χ1v) is 12.3. The zero-order valence-corrected chi connectivity index (χ0v) is 19.6. The van der Waals surface area contributed by atoms with E-state index in [0.717, 1.165) is 6.33 Å². The van der Waals surface area contributed by atoms with Crippen molar-refractivity contribution in [3.8, 4) is 0 Å². The third kappa shape index (κ3) is 4.35. The van der Waals surface area contributed by atoms with Gasteiger partial charge in [0.25, 0.3) is 12.1 Å². The van der Waals surface area contributed by atoms with Gasteiger partial charge in [0.05, 0.1) is 11.7 Å². The maximum absolute atomic E-state index is 12.9. The highest BCUT2D eigenvalue weighted by Crippen LogP contribution is 2.60. The quantitative estimate of drug-likeness (QED) is 0.203. The van der Waals surface area contributed by atoms with E-state index in [0.29, 0.717) is 16.8 Å². The first-order valence-electron chi connectivity index (χ1n) is 10.7. The Labute approximate surface area is 186 Å². The molecule has 180 valence electrons. The molecule has 5 atom stereocenters. The number of anilines is 1. The Morgan fingerprint density at radius 2 is 2.00 bits per heavy atom. The van der Waals surface area contributed by atoms with Crippen molar-refractivity contribution in [2.24, 2.45) is 0 Å². The van der Waals surface area contributed by atoms with E-state index in [4.69, 9.17) is 15.0 Å². The van der Waals surface area contributed by atoms with Gasteiger partial charge >= 0.3 is 7.60 Å². The van der Waals surface area contributed by atoms with Gasteiger partial charge in [0.15, 0.2) is 11.6 Å². The third-order valence-corrected chi connectivity index (χ3v) is 8.77. The maximum atomic E-state index is 12.9. The lowest BCUT2D eigenvalue weighted by molar-refractivity contribution is -0.894. The molecule has 0 spiro atoms. The number of hydrogen-bond acceptors (Lipinski definition) is 9. The number of fused-ring (bicyclic) bond motifs is 1. The van der Waals surface area contributed by atoms with Gasteiger partial charge in [0.1, 0.15) is 12.4 Å². The highest BCUT2D eigenvalue weighted by atomic mass is 31.2. The van der Waals surface area contributed by atoms with Crippen LogP contribution in [0.15, 0.2) is 12.7 Å². The fourth-order valence-electron chi connectivity index (χ4n) is 4.00. The summed E-state index contributed by atoms with van der Waals surface area (Å²) in [5, 5.41) is 29.0. The molecule has 5 unspecified atom stereocenters. The molecule has 0 radical (unpaired) electrons. The lowest BCUT2D eigenvalue weighted by Gasteiger charge is -2.38. The van der Waals surface area contributed by atoms with Gasteiger partial charge in [0, 0.05) is 12.8 Å². The highest BCUT2D eigenvalue weighted by Gasteiger charge is 2.50. The summed E-state index contributed by atoms with van der Waals surface area (Å²) in [5.41, 5.74) is 5.35. The Morgan fingerprint density at radius 3 is 2.59 bits per heavy atom. The van der Waals surface area contributed by atoms with Crippen LogP contribution in [0.25, 0.3) is 11.2 Å². The summed E-state index contributed by atoms with van der Waals surface area (Å²) in [4.78, 5) is 18.8. The van der Waals surface area contributed by atoms with Crippen molar-refractivity contribution in [2.45, 2.75) is 89.2 Å². The number of nitrogens with two attached hydrogens (primary N) is 1. The molecule has 0 aliphatic carbocycles. The van der Waals surface area contributed by atoms with Crippen LogP contribution in [0.2, 0.25) is 0 Å². The summed E-state index contributed by atoms with van der Waals surface area (Å²) < 4.78 is 26.8. The van der Waals surface area contributed by atoms with Crippen LogP contribution in [0.1, 0.15) is 66.0 Å². The maximum Gasteiger partial charge on any atom is 0.359 e. The number of hydrogen-bond donors (Lipinski definition) is 5. The molecule has 1 aliphatic heterocycles. The van der Waals surface area contributed by atoms with E-state index in [1.165, 1.54) is 10.9 Å². The Morgan fingerprint density at radius 1 is 1.34 bits per heavy atom. The summed E-state index contributed by atoms with van der Waals surface area (Å²) >= 11 is 0. The number of aliphatic hydroxyl groups excluding tert-OH is 1. The van der Waals surface area contributed by atoms with Crippen LogP contribution < -0.4 is 10.5 Å². The van der Waals surface area contributed by atoms with Gasteiger partial charge in [0.2, 0.25) is 11.2 Å². The number of rotatable bonds is 9. The molecule has 32 heavy (non-hydrogen) atoms. The van der Waals surface area contributed by atoms with E-state index in [-0.39, 0.29) is 37.0 Å². The van der Waals surface area contributed by atoms with Crippen LogP contribution >= 0.6 is 7.60 Å². The van der Waals surface area contributed by atoms with E-state index < -0.39 is 37.0 Å². The van der Waals surface area contributed by atoms with Crippen LogP contribution in [0.5, 0.6) is 0 Å². The van der Waals surface area contributed by atoms with Crippen LogP contribution in [-0.4, -0.2) is 58.0 Å². The topological polar surface area (TPSA) is 177 Å². The normalized spacial score (nSPS) is 25.7. The van der Waals surface area contributed by atoms with Crippen molar-refractivity contribution in [1.82, 2.24) is 14.5 Å². The summed E-state index contributed by atoms with van der Waals surface area (Å²) in [6.45, 7) is 6.78. The Kier molecular flexibility index (Phi) is 6.86. The average Bonchev–Trinajstić information content (AvgIpc) is 3.32. The predicted octanol–water partition coefficient (Wildman–Crippen LogP) is 1.46. The third-order valence-electron chi connectivity index (χ3n) is 6.40. The second-order valence-corrected chi connectivity index (χ2v) is 10.6. The number of imidazole rings is 1. The van der Waals surface area contributed by atoms with Gasteiger partial charge in [-0.05, 0) is 26.2 Å². The first kappa shape index (κ1) is 24.8. The minimum atomic E-state index is -4.36. The van der Waals surface area contributed by atoms with Gasteiger partial charge in [-0.25, -0.2) is 4.98 Å². The molecular weight excluding hydrogens is 441 g/mol. The van der Waals surface area contributed by atoms with Crippen LogP contribution in [0, 0.1) is 0 Å². The number of nitrogen functional groups attached to an aromatic ring is 1. The molecule has 0 amide bonds. The van der Waals surface area contributed by atoms with Gasteiger partial charge in [-0.2, -0.15) is 0 Å². The summed E-state index contributed by atoms with van der Waals surface area (Å²) in [7, 11) is -4.36. The number of aromatic nitrogens is 4. The molecule has 6 N–H and O–H groups in total. The molecule has 2 aromatic rings. The van der Waals surface area contributed by atoms with Gasteiger partial charge in [-0.15, -0.1) is 0 Å². The monoisotopic (exact) mass is 474 g/mol. The largest absolute Gasteiger partial charge is 0.388 e. The minimum absolute atomic E-state index is 0.00257. The number of nitrogens with zero attached hydrogens (tertiary/aromatic N) is 4. The minimum Gasteiger partial charge on any atom is -0.388 e. The summed E-state index contributed by atoms with van der Waals surface area (Å²) in [6.07, 6.45) is 1.38. The summed E-state index contributed by atoms with van der Waals surface area (Å²) in [6, 6.07) is 0. The molecule has 12 nitrogen and oxygen atoms in total. The van der Waals surface area contributed by atoms with Crippen molar-refractivity contribution in [3.63, 3.8) is 0 Å². The molecule has 2 aromatic heterocycles. The molecule has 1 fully saturated rings. The molecule has 1 aliphatic rings. The Balaban J connectivity index is 1.79. The van der Waals surface area contributed by atoms with Crippen molar-refractivity contribution in [2.75, 3.05) is 5.73 Å². The Bertz CT molecular complexity index is 1010. The molecular formula is C19H33N5O7P+. The van der Waals surface area contributed by atoms with E-state index in [2.05, 4.69) is 9.97 Å². The smallest absolute Gasteiger partial charge is 0.359 e. The standard InChI is InChI=1S/C19H32N5O7P/c1-5-18(4,31-32(28,29)19(26,6-2)7-3)9-12-8-13(25)17(30-12)23-10-21-14-15(20)24(27)11-22-16(14)23/h10-13,17,20,25-27H,5-9H2,1-4H3,(H,28,29)/p+1. The van der Waals surface area contributed by atoms with Crippen LogP contribution in [0.3, 0.4) is 0 Å². The zero-order chi connectivity index (χ0) is 23.9. The van der Waals surface area contributed by atoms with Crippen molar-refractivity contribution < 1.29 is 38.9 Å². The van der Waals surface area contributed by atoms with Crippen LogP contribution in [0.4, 0.5) is 5.82 Å². The summed E-state index contributed by atoms with van der Waals surface area (Å²) in [5.74, 6) is 0.00257. The lowest BCUT2D eigenvalue weighted by atomic mass is 9.94.